The minimum absolute atomic E-state index is 0.195. The highest BCUT2D eigenvalue weighted by Gasteiger charge is 2.47. The molecule has 1 aliphatic heterocycles. The van der Waals surface area contributed by atoms with Crippen LogP contribution >= 0.6 is 0 Å². The third-order valence-corrected chi connectivity index (χ3v) is 4.81. The molecule has 0 spiro atoms. The molecule has 1 saturated heterocycles. The molecule has 1 N–H and O–H groups in total. The molecule has 0 saturated carbocycles. The molecule has 0 aromatic heterocycles. The zero-order chi connectivity index (χ0) is 18.7. The first-order valence-electron chi connectivity index (χ1n) is 8.03. The highest BCUT2D eigenvalue weighted by Crippen LogP contribution is 2.37. The van der Waals surface area contributed by atoms with Crippen LogP contribution < -0.4 is 0 Å². The summed E-state index contributed by atoms with van der Waals surface area (Å²) in [6.07, 6.45) is -1.95. The first-order valence-corrected chi connectivity index (χ1v) is 8.03. The molecule has 4 unspecified atom stereocenters. The minimum Gasteiger partial charge on any atom is -0.468 e. The summed E-state index contributed by atoms with van der Waals surface area (Å²) in [6.45, 7) is 6.42. The van der Waals surface area contributed by atoms with E-state index in [2.05, 4.69) is 4.74 Å². The highest BCUT2D eigenvalue weighted by atomic mass is 16.6. The van der Waals surface area contributed by atoms with Crippen LogP contribution in [0.15, 0.2) is 0 Å². The van der Waals surface area contributed by atoms with E-state index in [4.69, 9.17) is 4.74 Å². The summed E-state index contributed by atoms with van der Waals surface area (Å²) in [6, 6.07) is 0. The Labute approximate surface area is 141 Å². The van der Waals surface area contributed by atoms with E-state index >= 15 is 0 Å². The quantitative estimate of drug-likeness (QED) is 0.521. The predicted octanol–water partition coefficient (Wildman–Crippen LogP) is 1.20. The van der Waals surface area contributed by atoms with Crippen LogP contribution in [0.1, 0.15) is 53.4 Å². The number of ketones is 2. The maximum absolute atomic E-state index is 12.3. The van der Waals surface area contributed by atoms with Crippen LogP contribution in [0, 0.1) is 10.8 Å². The molecule has 7 heteroatoms. The zero-order valence-electron chi connectivity index (χ0n) is 14.9. The average molecular weight is 342 g/mol. The van der Waals surface area contributed by atoms with Crippen molar-refractivity contribution in [1.82, 2.24) is 0 Å². The molecule has 0 amide bonds. The lowest BCUT2D eigenvalue weighted by Crippen LogP contribution is -2.40. The van der Waals surface area contributed by atoms with Crippen molar-refractivity contribution in [3.8, 4) is 0 Å². The van der Waals surface area contributed by atoms with Crippen LogP contribution in [-0.2, 0) is 28.7 Å². The molecule has 0 aliphatic carbocycles. The SMILES string of the molecule is CCC(C)(C(=O)CC(O)C(=O)CC1(C)CC(C)OC1=O)C(=O)OC. The van der Waals surface area contributed by atoms with Crippen molar-refractivity contribution in [2.75, 3.05) is 7.11 Å². The van der Waals surface area contributed by atoms with Gasteiger partial charge >= 0.3 is 11.9 Å². The van der Waals surface area contributed by atoms with E-state index in [0.29, 0.717) is 6.42 Å². The smallest absolute Gasteiger partial charge is 0.319 e. The van der Waals surface area contributed by atoms with Crippen LogP contribution in [0.25, 0.3) is 0 Å². The number of hydrogen-bond donors (Lipinski definition) is 1. The van der Waals surface area contributed by atoms with Crippen molar-refractivity contribution in [2.45, 2.75) is 65.6 Å². The van der Waals surface area contributed by atoms with Crippen LogP contribution in [0.5, 0.6) is 0 Å². The summed E-state index contributed by atoms with van der Waals surface area (Å²) < 4.78 is 9.69. The monoisotopic (exact) mass is 342 g/mol. The topological polar surface area (TPSA) is 107 Å². The van der Waals surface area contributed by atoms with Gasteiger partial charge in [0.1, 0.15) is 17.6 Å². The number of hydrogen-bond acceptors (Lipinski definition) is 7. The van der Waals surface area contributed by atoms with Crippen molar-refractivity contribution in [3.05, 3.63) is 0 Å². The Hall–Kier alpha value is -1.76. The lowest BCUT2D eigenvalue weighted by Gasteiger charge is -2.25. The zero-order valence-corrected chi connectivity index (χ0v) is 14.9. The summed E-state index contributed by atoms with van der Waals surface area (Å²) in [5.74, 6) is -2.35. The molecule has 1 rings (SSSR count). The Kier molecular flexibility index (Phi) is 6.27. The van der Waals surface area contributed by atoms with Gasteiger partial charge < -0.3 is 14.6 Å². The number of cyclic esters (lactones) is 1. The van der Waals surface area contributed by atoms with Gasteiger partial charge in [0.2, 0.25) is 0 Å². The van der Waals surface area contributed by atoms with Gasteiger partial charge in [-0.3, -0.25) is 19.2 Å². The van der Waals surface area contributed by atoms with Crippen molar-refractivity contribution in [3.63, 3.8) is 0 Å². The number of esters is 2. The van der Waals surface area contributed by atoms with Gasteiger partial charge in [-0.25, -0.2) is 0 Å². The van der Waals surface area contributed by atoms with E-state index in [1.807, 2.05) is 0 Å². The molecule has 0 aromatic carbocycles. The molecular formula is C17H26O7. The Morgan fingerprint density at radius 2 is 2.04 bits per heavy atom. The van der Waals surface area contributed by atoms with Gasteiger partial charge in [0, 0.05) is 19.3 Å². The molecule has 0 aromatic rings. The minimum atomic E-state index is -1.56. The van der Waals surface area contributed by atoms with Gasteiger partial charge in [0.05, 0.1) is 12.5 Å². The van der Waals surface area contributed by atoms with Crippen molar-refractivity contribution < 1.29 is 33.8 Å². The molecule has 1 heterocycles. The van der Waals surface area contributed by atoms with E-state index in [0.717, 1.165) is 0 Å². The third kappa shape index (κ3) is 4.01. The van der Waals surface area contributed by atoms with Crippen LogP contribution in [0.3, 0.4) is 0 Å². The molecule has 7 nitrogen and oxygen atoms in total. The summed E-state index contributed by atoms with van der Waals surface area (Å²) >= 11 is 0. The lowest BCUT2D eigenvalue weighted by molar-refractivity contribution is -0.158. The van der Waals surface area contributed by atoms with Crippen LogP contribution in [0.2, 0.25) is 0 Å². The number of carbonyl (C=O) groups is 4. The number of rotatable bonds is 8. The number of aliphatic hydroxyl groups excluding tert-OH is 1. The normalized spacial score (nSPS) is 27.1. The maximum Gasteiger partial charge on any atom is 0.319 e. The van der Waals surface area contributed by atoms with Crippen molar-refractivity contribution >= 4 is 23.5 Å². The van der Waals surface area contributed by atoms with Crippen molar-refractivity contribution in [2.24, 2.45) is 10.8 Å². The lowest BCUT2D eigenvalue weighted by atomic mass is 9.78. The summed E-state index contributed by atoms with van der Waals surface area (Å²) in [5, 5.41) is 10.1. The van der Waals surface area contributed by atoms with Gasteiger partial charge in [-0.1, -0.05) is 6.92 Å². The molecule has 1 aliphatic rings. The molecule has 0 bridgehead atoms. The summed E-state index contributed by atoms with van der Waals surface area (Å²) in [7, 11) is 1.18. The number of carbonyl (C=O) groups excluding carboxylic acids is 4. The number of aliphatic hydroxyl groups is 1. The molecule has 0 radical (unpaired) electrons. The second kappa shape index (κ2) is 7.42. The van der Waals surface area contributed by atoms with Crippen molar-refractivity contribution in [1.29, 1.82) is 0 Å². The fourth-order valence-electron chi connectivity index (χ4n) is 2.93. The Balaban J connectivity index is 2.75. The molecule has 1 fully saturated rings. The Morgan fingerprint density at radius 3 is 2.46 bits per heavy atom. The Morgan fingerprint density at radius 1 is 1.46 bits per heavy atom. The highest BCUT2D eigenvalue weighted by molar-refractivity contribution is 6.05. The number of methoxy groups -OCH3 is 1. The van der Waals surface area contributed by atoms with E-state index in [1.54, 1.807) is 20.8 Å². The average Bonchev–Trinajstić information content (AvgIpc) is 2.77. The number of Topliss-reactive ketones (excluding diaryl/α,β-unsaturated/α-hetero) is 2. The first-order chi connectivity index (χ1) is 11.0. The standard InChI is InChI=1S/C17H26O7/c1-6-17(4,15(22)23-5)13(20)7-11(18)12(19)9-16(3)8-10(2)24-14(16)21/h10-11,18H,6-9H2,1-5H3. The van der Waals surface area contributed by atoms with Gasteiger partial charge in [0.15, 0.2) is 11.6 Å². The molecule has 24 heavy (non-hydrogen) atoms. The van der Waals surface area contributed by atoms with Crippen LogP contribution in [0.4, 0.5) is 0 Å². The van der Waals surface area contributed by atoms with Gasteiger partial charge in [0.25, 0.3) is 0 Å². The number of ether oxygens (including phenoxy) is 2. The van der Waals surface area contributed by atoms with E-state index < -0.39 is 46.9 Å². The molecule has 136 valence electrons. The first kappa shape index (κ1) is 20.3. The molecule has 4 atom stereocenters. The summed E-state index contributed by atoms with van der Waals surface area (Å²) in [5.41, 5.74) is -2.39. The largest absolute Gasteiger partial charge is 0.468 e. The Bertz CT molecular complexity index is 541. The van der Waals surface area contributed by atoms with Gasteiger partial charge in [-0.05, 0) is 27.2 Å². The van der Waals surface area contributed by atoms with E-state index in [9.17, 15) is 24.3 Å². The van der Waals surface area contributed by atoms with E-state index in [1.165, 1.54) is 14.0 Å². The fraction of sp³-hybridized carbons (Fsp3) is 0.765. The van der Waals surface area contributed by atoms with Gasteiger partial charge in [-0.2, -0.15) is 0 Å². The third-order valence-electron chi connectivity index (χ3n) is 4.81. The second-order valence-electron chi connectivity index (χ2n) is 6.94. The van der Waals surface area contributed by atoms with Crippen LogP contribution in [-0.4, -0.2) is 47.9 Å². The predicted molar refractivity (Wildman–Crippen MR) is 83.9 cm³/mol. The maximum atomic E-state index is 12.3. The fourth-order valence-corrected chi connectivity index (χ4v) is 2.93. The second-order valence-corrected chi connectivity index (χ2v) is 6.94. The van der Waals surface area contributed by atoms with E-state index in [-0.39, 0.29) is 18.9 Å². The van der Waals surface area contributed by atoms with Gasteiger partial charge in [-0.15, -0.1) is 0 Å². The molecular weight excluding hydrogens is 316 g/mol. The summed E-state index contributed by atoms with van der Waals surface area (Å²) in [4.78, 5) is 48.2.